The van der Waals surface area contributed by atoms with Crippen LogP contribution in [-0.2, 0) is 4.79 Å². The van der Waals surface area contributed by atoms with Gasteiger partial charge in [-0.1, -0.05) is 59.8 Å². The lowest BCUT2D eigenvalue weighted by Crippen LogP contribution is -2.49. The van der Waals surface area contributed by atoms with Crippen LogP contribution in [0.4, 0.5) is 5.69 Å². The molecule has 154 valence electrons. The summed E-state index contributed by atoms with van der Waals surface area (Å²) in [4.78, 5) is 26.0. The van der Waals surface area contributed by atoms with Gasteiger partial charge in [0.2, 0.25) is 5.91 Å². The third-order valence-electron chi connectivity index (χ3n) is 5.03. The maximum absolute atomic E-state index is 12.7. The fourth-order valence-corrected chi connectivity index (χ4v) is 4.46. The van der Waals surface area contributed by atoms with Gasteiger partial charge in [0.1, 0.15) is 0 Å². The molecule has 5 nitrogen and oxygen atoms in total. The molecule has 1 fully saturated rings. The van der Waals surface area contributed by atoms with Crippen molar-refractivity contribution in [3.8, 4) is 11.3 Å². The zero-order valence-corrected chi connectivity index (χ0v) is 18.4. The summed E-state index contributed by atoms with van der Waals surface area (Å²) in [7, 11) is 0. The molecule has 2 heterocycles. The molecule has 7 heteroatoms. The van der Waals surface area contributed by atoms with Gasteiger partial charge >= 0.3 is 0 Å². The van der Waals surface area contributed by atoms with Crippen LogP contribution in [0.5, 0.6) is 0 Å². The molecular weight excluding hydrogens is 416 g/mol. The van der Waals surface area contributed by atoms with Crippen LogP contribution in [0.1, 0.15) is 5.69 Å². The molecule has 0 bridgehead atoms. The monoisotopic (exact) mass is 438 g/mol. The summed E-state index contributed by atoms with van der Waals surface area (Å²) in [6.07, 6.45) is 0. The zero-order valence-electron chi connectivity index (χ0n) is 16.8. The number of benzene rings is 2. The Balaban J connectivity index is 1.34. The number of aryl methyl sites for hydroxylation is 1. The number of anilines is 1. The topological polar surface area (TPSA) is 49.3 Å². The average molecular weight is 439 g/mol. The number of nitrogens with zero attached hydrogens (tertiary/aromatic N) is 4. The van der Waals surface area contributed by atoms with Crippen LogP contribution in [-0.4, -0.2) is 52.7 Å². The number of aromatic nitrogens is 2. The van der Waals surface area contributed by atoms with E-state index in [1.54, 1.807) is 0 Å². The van der Waals surface area contributed by atoms with E-state index in [0.717, 1.165) is 40.8 Å². The smallest absolute Gasteiger partial charge is 0.233 e. The van der Waals surface area contributed by atoms with E-state index in [9.17, 15) is 4.79 Å². The van der Waals surface area contributed by atoms with Crippen molar-refractivity contribution in [2.45, 2.75) is 12.1 Å². The average Bonchev–Trinajstić information content (AvgIpc) is 2.78. The highest BCUT2D eigenvalue weighted by Gasteiger charge is 2.22. The first-order valence-electron chi connectivity index (χ1n) is 9.91. The van der Waals surface area contributed by atoms with Crippen molar-refractivity contribution in [1.82, 2.24) is 14.9 Å². The Morgan fingerprint density at radius 1 is 1.00 bits per heavy atom. The molecule has 30 heavy (non-hydrogen) atoms. The second kappa shape index (κ2) is 9.49. The molecule has 1 saturated heterocycles. The summed E-state index contributed by atoms with van der Waals surface area (Å²) in [5.41, 5.74) is 3.93. The van der Waals surface area contributed by atoms with E-state index < -0.39 is 0 Å². The van der Waals surface area contributed by atoms with E-state index in [1.165, 1.54) is 11.8 Å². The lowest BCUT2D eigenvalue weighted by molar-refractivity contribution is -0.128. The van der Waals surface area contributed by atoms with Gasteiger partial charge in [-0.15, -0.1) is 0 Å². The summed E-state index contributed by atoms with van der Waals surface area (Å²) in [5, 5.41) is 1.37. The molecule has 0 radical (unpaired) electrons. The number of piperazine rings is 1. The number of carbonyl (C=O) groups is 1. The molecule has 3 aromatic rings. The molecule has 2 aromatic carbocycles. The van der Waals surface area contributed by atoms with Crippen LogP contribution < -0.4 is 4.90 Å². The Hall–Kier alpha value is -2.57. The molecule has 0 unspecified atom stereocenters. The molecular formula is C23H23ClN4OS. The molecule has 0 aliphatic carbocycles. The van der Waals surface area contributed by atoms with Crippen LogP contribution >= 0.6 is 23.4 Å². The highest BCUT2D eigenvalue weighted by molar-refractivity contribution is 7.99. The van der Waals surface area contributed by atoms with E-state index in [4.69, 9.17) is 11.6 Å². The van der Waals surface area contributed by atoms with Gasteiger partial charge in [-0.3, -0.25) is 4.79 Å². The van der Waals surface area contributed by atoms with E-state index in [-0.39, 0.29) is 5.91 Å². The Morgan fingerprint density at radius 2 is 1.77 bits per heavy atom. The minimum absolute atomic E-state index is 0.122. The number of hydrogen-bond acceptors (Lipinski definition) is 5. The number of halogens is 1. The third-order valence-corrected chi connectivity index (χ3v) is 6.10. The molecule has 0 spiro atoms. The van der Waals surface area contributed by atoms with Gasteiger partial charge in [-0.2, -0.15) is 0 Å². The maximum Gasteiger partial charge on any atom is 0.233 e. The maximum atomic E-state index is 12.7. The summed E-state index contributed by atoms with van der Waals surface area (Å²) >= 11 is 7.50. The zero-order chi connectivity index (χ0) is 20.9. The fourth-order valence-electron chi connectivity index (χ4n) is 3.47. The van der Waals surface area contributed by atoms with Crippen molar-refractivity contribution in [1.29, 1.82) is 0 Å². The van der Waals surface area contributed by atoms with Crippen molar-refractivity contribution in [3.05, 3.63) is 71.4 Å². The normalized spacial score (nSPS) is 14.1. The predicted octanol–water partition coefficient (Wildman–Crippen LogP) is 4.55. The van der Waals surface area contributed by atoms with Gasteiger partial charge in [0.15, 0.2) is 5.16 Å². The Labute approximate surface area is 186 Å². The Kier molecular flexibility index (Phi) is 6.55. The van der Waals surface area contributed by atoms with Crippen LogP contribution in [0.15, 0.2) is 65.8 Å². The van der Waals surface area contributed by atoms with Crippen molar-refractivity contribution in [3.63, 3.8) is 0 Å². The number of amides is 1. The Morgan fingerprint density at radius 3 is 2.50 bits per heavy atom. The largest absolute Gasteiger partial charge is 0.368 e. The van der Waals surface area contributed by atoms with E-state index in [1.807, 2.05) is 66.4 Å². The molecule has 1 aliphatic rings. The minimum Gasteiger partial charge on any atom is -0.368 e. The van der Waals surface area contributed by atoms with Gasteiger partial charge < -0.3 is 9.80 Å². The molecule has 0 saturated carbocycles. The molecule has 1 aliphatic heterocycles. The number of carbonyl (C=O) groups excluding carboxylic acids is 1. The second-order valence-corrected chi connectivity index (χ2v) is 8.56. The van der Waals surface area contributed by atoms with Gasteiger partial charge in [0.05, 0.1) is 11.4 Å². The second-order valence-electron chi connectivity index (χ2n) is 7.18. The summed E-state index contributed by atoms with van der Waals surface area (Å²) < 4.78 is 0. The summed E-state index contributed by atoms with van der Waals surface area (Å²) in [5.74, 6) is 0.464. The molecule has 1 amide bonds. The number of rotatable bonds is 5. The van der Waals surface area contributed by atoms with Gasteiger partial charge in [0.25, 0.3) is 0 Å². The van der Waals surface area contributed by atoms with Gasteiger partial charge in [-0.25, -0.2) is 9.97 Å². The summed E-state index contributed by atoms with van der Waals surface area (Å²) in [6, 6.07) is 19.8. The van der Waals surface area contributed by atoms with Crippen molar-refractivity contribution in [2.75, 3.05) is 36.8 Å². The van der Waals surface area contributed by atoms with Gasteiger partial charge in [-0.05, 0) is 31.2 Å². The predicted molar refractivity (Wildman–Crippen MR) is 123 cm³/mol. The lowest BCUT2D eigenvalue weighted by Gasteiger charge is -2.36. The standard InChI is InChI=1S/C23H23ClN4OS/c1-17-14-21(18-6-3-2-4-7-18)26-23(25-17)30-16-22(29)28-12-10-27(11-13-28)20-9-5-8-19(24)15-20/h2-9,14-15H,10-13,16H2,1H3. The lowest BCUT2D eigenvalue weighted by atomic mass is 10.1. The van der Waals surface area contributed by atoms with E-state index in [0.29, 0.717) is 24.0 Å². The SMILES string of the molecule is Cc1cc(-c2ccccc2)nc(SCC(=O)N2CCN(c3cccc(Cl)c3)CC2)n1. The Bertz CT molecular complexity index is 1020. The molecule has 1 aromatic heterocycles. The first-order chi connectivity index (χ1) is 14.6. The first-order valence-corrected chi connectivity index (χ1v) is 11.3. The van der Waals surface area contributed by atoms with Crippen LogP contribution in [0.2, 0.25) is 5.02 Å². The quantitative estimate of drug-likeness (QED) is 0.432. The van der Waals surface area contributed by atoms with E-state index in [2.05, 4.69) is 20.9 Å². The van der Waals surface area contributed by atoms with Crippen molar-refractivity contribution < 1.29 is 4.79 Å². The first kappa shape index (κ1) is 20.7. The molecule has 0 atom stereocenters. The van der Waals surface area contributed by atoms with Crippen molar-refractivity contribution in [2.24, 2.45) is 0 Å². The molecule has 4 rings (SSSR count). The number of hydrogen-bond donors (Lipinski definition) is 0. The molecule has 0 N–H and O–H groups in total. The van der Waals surface area contributed by atoms with Crippen LogP contribution in [0.25, 0.3) is 11.3 Å². The minimum atomic E-state index is 0.122. The summed E-state index contributed by atoms with van der Waals surface area (Å²) in [6.45, 7) is 4.96. The number of thioether (sulfide) groups is 1. The van der Waals surface area contributed by atoms with Crippen LogP contribution in [0, 0.1) is 6.92 Å². The van der Waals surface area contributed by atoms with Crippen molar-refractivity contribution >= 4 is 35.0 Å². The highest BCUT2D eigenvalue weighted by Crippen LogP contribution is 2.23. The highest BCUT2D eigenvalue weighted by atomic mass is 35.5. The van der Waals surface area contributed by atoms with Gasteiger partial charge in [0, 0.05) is 48.1 Å². The third kappa shape index (κ3) is 5.12. The van der Waals surface area contributed by atoms with Crippen LogP contribution in [0.3, 0.4) is 0 Å². The van der Waals surface area contributed by atoms with E-state index >= 15 is 0 Å². The fraction of sp³-hybridized carbons (Fsp3) is 0.261.